The lowest BCUT2D eigenvalue weighted by Gasteiger charge is -2.32. The van der Waals surface area contributed by atoms with Crippen LogP contribution in [0.1, 0.15) is 30.5 Å². The molecule has 0 unspecified atom stereocenters. The van der Waals surface area contributed by atoms with E-state index in [4.69, 9.17) is 12.2 Å². The molecule has 0 fully saturated rings. The van der Waals surface area contributed by atoms with Crippen molar-refractivity contribution in [3.05, 3.63) is 71.7 Å². The average Bonchev–Trinajstić information content (AvgIpc) is 2.68. The Morgan fingerprint density at radius 1 is 1.11 bits per heavy atom. The molecule has 0 bridgehead atoms. The maximum absolute atomic E-state index is 13.6. The second-order valence-electron chi connectivity index (χ2n) is 6.20. The first-order chi connectivity index (χ1) is 13.5. The molecule has 2 aromatic rings. The molecule has 0 saturated heterocycles. The van der Waals surface area contributed by atoms with Gasteiger partial charge in [0.2, 0.25) is 11.8 Å². The number of hydrazine groups is 1. The standard InChI is InChI=1S/C20H19FN4O2S/c1-13(26)25-11-10-14-6-2-3-7-15(14)18(25)12-19(27)23-24-20(28)22-17-9-5-4-8-16(17)21/h2-11,18H,12H2,1H3,(H,23,27)(H2,22,24,28)/t18-/m0/s1. The summed E-state index contributed by atoms with van der Waals surface area (Å²) in [6.45, 7) is 1.45. The molecule has 28 heavy (non-hydrogen) atoms. The van der Waals surface area contributed by atoms with E-state index in [1.54, 1.807) is 18.3 Å². The van der Waals surface area contributed by atoms with Gasteiger partial charge in [-0.3, -0.25) is 20.4 Å². The summed E-state index contributed by atoms with van der Waals surface area (Å²) in [6.07, 6.45) is 3.56. The van der Waals surface area contributed by atoms with E-state index in [2.05, 4.69) is 16.2 Å². The predicted octanol–water partition coefficient (Wildman–Crippen LogP) is 3.11. The molecule has 1 aliphatic rings. The summed E-state index contributed by atoms with van der Waals surface area (Å²) < 4.78 is 13.6. The van der Waals surface area contributed by atoms with E-state index in [-0.39, 0.29) is 29.0 Å². The zero-order valence-corrected chi connectivity index (χ0v) is 15.9. The van der Waals surface area contributed by atoms with Crippen molar-refractivity contribution in [3.8, 4) is 0 Å². The fourth-order valence-electron chi connectivity index (χ4n) is 2.98. The fourth-order valence-corrected chi connectivity index (χ4v) is 3.14. The van der Waals surface area contributed by atoms with E-state index < -0.39 is 11.9 Å². The van der Waals surface area contributed by atoms with Crippen LogP contribution in [0.3, 0.4) is 0 Å². The van der Waals surface area contributed by atoms with Gasteiger partial charge in [-0.2, -0.15) is 0 Å². The van der Waals surface area contributed by atoms with E-state index in [0.717, 1.165) is 11.1 Å². The smallest absolute Gasteiger partial charge is 0.240 e. The molecule has 8 heteroatoms. The molecule has 144 valence electrons. The molecular formula is C20H19FN4O2S. The van der Waals surface area contributed by atoms with Crippen LogP contribution in [0.5, 0.6) is 0 Å². The molecule has 0 aliphatic carbocycles. The van der Waals surface area contributed by atoms with Crippen LogP contribution < -0.4 is 16.2 Å². The molecule has 0 aromatic heterocycles. The third kappa shape index (κ3) is 4.52. The molecule has 2 amide bonds. The maximum Gasteiger partial charge on any atom is 0.240 e. The number of hydrogen-bond acceptors (Lipinski definition) is 3. The fraction of sp³-hybridized carbons (Fsp3) is 0.150. The zero-order chi connectivity index (χ0) is 20.1. The largest absolute Gasteiger partial charge is 0.329 e. The summed E-state index contributed by atoms with van der Waals surface area (Å²) in [4.78, 5) is 25.9. The zero-order valence-electron chi connectivity index (χ0n) is 15.1. The molecule has 1 atom stereocenters. The van der Waals surface area contributed by atoms with E-state index in [1.165, 1.54) is 24.0 Å². The lowest BCUT2D eigenvalue weighted by atomic mass is 9.93. The molecule has 0 radical (unpaired) electrons. The van der Waals surface area contributed by atoms with Crippen LogP contribution in [0.15, 0.2) is 54.7 Å². The summed E-state index contributed by atoms with van der Waals surface area (Å²) >= 11 is 5.07. The van der Waals surface area contributed by atoms with Gasteiger partial charge >= 0.3 is 0 Å². The molecule has 1 heterocycles. The highest BCUT2D eigenvalue weighted by Crippen LogP contribution is 2.32. The van der Waals surface area contributed by atoms with Gasteiger partial charge in [0.1, 0.15) is 5.82 Å². The lowest BCUT2D eigenvalue weighted by molar-refractivity contribution is -0.130. The van der Waals surface area contributed by atoms with Crippen LogP contribution in [0, 0.1) is 5.82 Å². The van der Waals surface area contributed by atoms with Gasteiger partial charge in [-0.05, 0) is 41.6 Å². The summed E-state index contributed by atoms with van der Waals surface area (Å²) in [5, 5.41) is 2.71. The normalized spacial score (nSPS) is 14.8. The van der Waals surface area contributed by atoms with Crippen molar-refractivity contribution in [2.75, 3.05) is 5.32 Å². The van der Waals surface area contributed by atoms with Gasteiger partial charge in [0, 0.05) is 13.1 Å². The Balaban J connectivity index is 1.62. The Morgan fingerprint density at radius 3 is 2.57 bits per heavy atom. The number of carbonyl (C=O) groups is 2. The number of nitrogens with one attached hydrogen (secondary N) is 3. The first kappa shape index (κ1) is 19.5. The Hall–Kier alpha value is -3.26. The number of thiocarbonyl (C=S) groups is 1. The first-order valence-corrected chi connectivity index (χ1v) is 9.03. The van der Waals surface area contributed by atoms with Crippen LogP contribution >= 0.6 is 12.2 Å². The third-order valence-electron chi connectivity index (χ3n) is 4.29. The molecule has 0 saturated carbocycles. The first-order valence-electron chi connectivity index (χ1n) is 8.62. The van der Waals surface area contributed by atoms with Gasteiger partial charge in [-0.15, -0.1) is 0 Å². The number of hydrogen-bond donors (Lipinski definition) is 3. The molecule has 3 rings (SSSR count). The molecule has 6 nitrogen and oxygen atoms in total. The van der Waals surface area contributed by atoms with E-state index in [0.29, 0.717) is 0 Å². The van der Waals surface area contributed by atoms with Crippen molar-refractivity contribution in [1.82, 2.24) is 15.8 Å². The van der Waals surface area contributed by atoms with Crippen LogP contribution in [0.25, 0.3) is 6.08 Å². The van der Waals surface area contributed by atoms with Crippen molar-refractivity contribution in [3.63, 3.8) is 0 Å². The molecule has 0 spiro atoms. The highest BCUT2D eigenvalue weighted by atomic mass is 32.1. The van der Waals surface area contributed by atoms with Gasteiger partial charge in [-0.25, -0.2) is 4.39 Å². The minimum Gasteiger partial charge on any atom is -0.329 e. The summed E-state index contributed by atoms with van der Waals surface area (Å²) in [7, 11) is 0. The van der Waals surface area contributed by atoms with Crippen molar-refractivity contribution in [2.24, 2.45) is 0 Å². The van der Waals surface area contributed by atoms with Crippen LogP contribution in [0.4, 0.5) is 10.1 Å². The van der Waals surface area contributed by atoms with Gasteiger partial charge in [0.25, 0.3) is 0 Å². The van der Waals surface area contributed by atoms with E-state index in [1.807, 2.05) is 30.3 Å². The number of para-hydroxylation sites is 1. The topological polar surface area (TPSA) is 73.5 Å². The monoisotopic (exact) mass is 398 g/mol. The van der Waals surface area contributed by atoms with Gasteiger partial charge in [0.15, 0.2) is 5.11 Å². The van der Waals surface area contributed by atoms with Gasteiger partial charge in [-0.1, -0.05) is 36.4 Å². The van der Waals surface area contributed by atoms with Crippen LogP contribution in [0.2, 0.25) is 0 Å². The molecule has 1 aliphatic heterocycles. The number of benzene rings is 2. The molecule has 3 N–H and O–H groups in total. The number of nitrogens with zero attached hydrogens (tertiary/aromatic N) is 1. The van der Waals surface area contributed by atoms with Crippen molar-refractivity contribution in [2.45, 2.75) is 19.4 Å². The van der Waals surface area contributed by atoms with Crippen molar-refractivity contribution >= 4 is 40.9 Å². The van der Waals surface area contributed by atoms with Gasteiger partial charge in [0.05, 0.1) is 18.2 Å². The third-order valence-corrected chi connectivity index (χ3v) is 4.49. The van der Waals surface area contributed by atoms with E-state index in [9.17, 15) is 14.0 Å². The summed E-state index contributed by atoms with van der Waals surface area (Å²) in [5.74, 6) is -0.979. The second kappa shape index (κ2) is 8.62. The Morgan fingerprint density at radius 2 is 1.82 bits per heavy atom. The van der Waals surface area contributed by atoms with Crippen molar-refractivity contribution in [1.29, 1.82) is 0 Å². The lowest BCUT2D eigenvalue weighted by Crippen LogP contribution is -2.45. The number of anilines is 1. The predicted molar refractivity (Wildman–Crippen MR) is 109 cm³/mol. The van der Waals surface area contributed by atoms with Crippen LogP contribution in [-0.4, -0.2) is 21.8 Å². The maximum atomic E-state index is 13.6. The average molecular weight is 398 g/mol. The molecular weight excluding hydrogens is 379 g/mol. The van der Waals surface area contributed by atoms with E-state index >= 15 is 0 Å². The van der Waals surface area contributed by atoms with Crippen molar-refractivity contribution < 1.29 is 14.0 Å². The summed E-state index contributed by atoms with van der Waals surface area (Å²) in [6, 6.07) is 13.2. The minimum absolute atomic E-state index is 0.0379. The Bertz CT molecular complexity index is 947. The van der Waals surface area contributed by atoms with Gasteiger partial charge < -0.3 is 10.2 Å². The quantitative estimate of drug-likeness (QED) is 0.547. The number of amides is 2. The minimum atomic E-state index is -0.458. The number of rotatable bonds is 3. The number of carbonyl (C=O) groups excluding carboxylic acids is 2. The molecule has 2 aromatic carbocycles. The Labute approximate surface area is 167 Å². The summed E-state index contributed by atoms with van der Waals surface area (Å²) in [5.41, 5.74) is 7.08. The second-order valence-corrected chi connectivity index (χ2v) is 6.61. The highest BCUT2D eigenvalue weighted by molar-refractivity contribution is 7.80. The number of halogens is 1. The highest BCUT2D eigenvalue weighted by Gasteiger charge is 2.28. The SMILES string of the molecule is CC(=O)N1C=Cc2ccccc2[C@@H]1CC(=O)NNC(=S)Nc1ccccc1F. The Kier molecular flexibility index (Phi) is 6.00. The number of fused-ring (bicyclic) bond motifs is 1. The van der Waals surface area contributed by atoms with Crippen LogP contribution in [-0.2, 0) is 9.59 Å².